The van der Waals surface area contributed by atoms with Crippen LogP contribution in [0, 0.1) is 6.92 Å². The predicted octanol–water partition coefficient (Wildman–Crippen LogP) is 4.12. The topological polar surface area (TPSA) is 43.6 Å². The van der Waals surface area contributed by atoms with Crippen molar-refractivity contribution in [3.05, 3.63) is 78.1 Å². The third-order valence-corrected chi connectivity index (χ3v) is 4.42. The number of imidazole rings is 1. The largest absolute Gasteiger partial charge is 0.337 e. The smallest absolute Gasteiger partial charge is 0.126 e. The van der Waals surface area contributed by atoms with Crippen LogP contribution in [0.25, 0.3) is 22.2 Å². The molecule has 0 aliphatic rings. The summed E-state index contributed by atoms with van der Waals surface area (Å²) in [5, 5.41) is 1.13. The van der Waals surface area contributed by atoms with Crippen LogP contribution in [0.5, 0.6) is 0 Å². The van der Waals surface area contributed by atoms with Gasteiger partial charge in [-0.25, -0.2) is 15.0 Å². The van der Waals surface area contributed by atoms with E-state index in [-0.39, 0.29) is 0 Å². The standard InChI is InChI=1S/C21H20N4/c1-15-22-18-11-7-6-10-17(18)19(23-15)12-13-21-24-20(14-25(21)2)16-8-4-3-5-9-16/h3-11,14H,12-13H2,1-2H3. The summed E-state index contributed by atoms with van der Waals surface area (Å²) in [6.07, 6.45) is 3.79. The summed E-state index contributed by atoms with van der Waals surface area (Å²) in [6, 6.07) is 18.5. The summed E-state index contributed by atoms with van der Waals surface area (Å²) in [6.45, 7) is 1.95. The van der Waals surface area contributed by atoms with Gasteiger partial charge in [0.15, 0.2) is 0 Å². The lowest BCUT2D eigenvalue weighted by Crippen LogP contribution is -2.03. The molecule has 2 aromatic carbocycles. The molecular weight excluding hydrogens is 308 g/mol. The Balaban J connectivity index is 1.61. The molecule has 0 radical (unpaired) electrons. The molecule has 0 unspecified atom stereocenters. The van der Waals surface area contributed by atoms with Gasteiger partial charge in [0.25, 0.3) is 0 Å². The molecule has 0 aliphatic carbocycles. The Bertz CT molecular complexity index is 1020. The van der Waals surface area contributed by atoms with E-state index in [1.165, 1.54) is 0 Å². The number of aromatic nitrogens is 4. The first-order chi connectivity index (χ1) is 12.2. The average molecular weight is 328 g/mol. The van der Waals surface area contributed by atoms with Crippen LogP contribution in [0.3, 0.4) is 0 Å². The number of fused-ring (bicyclic) bond motifs is 1. The molecule has 25 heavy (non-hydrogen) atoms. The van der Waals surface area contributed by atoms with Crippen molar-refractivity contribution in [2.75, 3.05) is 0 Å². The van der Waals surface area contributed by atoms with Gasteiger partial charge in [0.1, 0.15) is 11.6 Å². The number of benzene rings is 2. The second kappa shape index (κ2) is 6.48. The van der Waals surface area contributed by atoms with Crippen molar-refractivity contribution in [2.45, 2.75) is 19.8 Å². The van der Waals surface area contributed by atoms with Gasteiger partial charge >= 0.3 is 0 Å². The van der Waals surface area contributed by atoms with Crippen molar-refractivity contribution in [3.8, 4) is 11.3 Å². The highest BCUT2D eigenvalue weighted by Crippen LogP contribution is 2.20. The number of para-hydroxylation sites is 1. The van der Waals surface area contributed by atoms with Gasteiger partial charge in [-0.05, 0) is 19.4 Å². The fourth-order valence-electron chi connectivity index (χ4n) is 3.18. The van der Waals surface area contributed by atoms with E-state index >= 15 is 0 Å². The molecule has 2 aromatic heterocycles. The van der Waals surface area contributed by atoms with Gasteiger partial charge in [-0.1, -0.05) is 48.5 Å². The molecule has 0 atom stereocenters. The Morgan fingerprint density at radius 3 is 2.44 bits per heavy atom. The Kier molecular flexibility index (Phi) is 4.02. The van der Waals surface area contributed by atoms with Crippen molar-refractivity contribution in [1.29, 1.82) is 0 Å². The lowest BCUT2D eigenvalue weighted by molar-refractivity contribution is 0.761. The molecule has 0 spiro atoms. The molecule has 4 aromatic rings. The Labute approximate surface area is 147 Å². The molecule has 0 aliphatic heterocycles. The second-order valence-corrected chi connectivity index (χ2v) is 6.25. The summed E-state index contributed by atoms with van der Waals surface area (Å²) >= 11 is 0. The highest BCUT2D eigenvalue weighted by atomic mass is 15.0. The molecule has 0 N–H and O–H groups in total. The van der Waals surface area contributed by atoms with Crippen LogP contribution < -0.4 is 0 Å². The summed E-state index contributed by atoms with van der Waals surface area (Å²) in [7, 11) is 2.05. The lowest BCUT2D eigenvalue weighted by atomic mass is 10.1. The molecule has 4 nitrogen and oxygen atoms in total. The van der Waals surface area contributed by atoms with Crippen molar-refractivity contribution < 1.29 is 0 Å². The van der Waals surface area contributed by atoms with Gasteiger partial charge in [-0.2, -0.15) is 0 Å². The predicted molar refractivity (Wildman–Crippen MR) is 100 cm³/mol. The van der Waals surface area contributed by atoms with Crippen LogP contribution in [-0.4, -0.2) is 19.5 Å². The minimum absolute atomic E-state index is 0.818. The van der Waals surface area contributed by atoms with Crippen LogP contribution >= 0.6 is 0 Å². The van der Waals surface area contributed by atoms with E-state index in [4.69, 9.17) is 4.98 Å². The first-order valence-electron chi connectivity index (χ1n) is 8.50. The third-order valence-electron chi connectivity index (χ3n) is 4.42. The van der Waals surface area contributed by atoms with E-state index in [0.29, 0.717) is 0 Å². The van der Waals surface area contributed by atoms with Crippen molar-refractivity contribution in [2.24, 2.45) is 7.05 Å². The highest BCUT2D eigenvalue weighted by molar-refractivity contribution is 5.80. The molecule has 4 heteroatoms. The molecule has 0 bridgehead atoms. The lowest BCUT2D eigenvalue weighted by Gasteiger charge is -2.07. The minimum Gasteiger partial charge on any atom is -0.337 e. The quantitative estimate of drug-likeness (QED) is 0.566. The van der Waals surface area contributed by atoms with Crippen LogP contribution in [0.2, 0.25) is 0 Å². The minimum atomic E-state index is 0.818. The zero-order valence-corrected chi connectivity index (χ0v) is 14.5. The van der Waals surface area contributed by atoms with E-state index in [2.05, 4.69) is 46.0 Å². The summed E-state index contributed by atoms with van der Waals surface area (Å²) in [4.78, 5) is 14.0. The SMILES string of the molecule is Cc1nc(CCc2nc(-c3ccccc3)cn2C)c2ccccc2n1. The van der Waals surface area contributed by atoms with Gasteiger partial charge < -0.3 is 4.57 Å². The molecule has 0 saturated carbocycles. The van der Waals surface area contributed by atoms with Crippen LogP contribution in [0.4, 0.5) is 0 Å². The van der Waals surface area contributed by atoms with Gasteiger partial charge in [-0.15, -0.1) is 0 Å². The third kappa shape index (κ3) is 3.15. The maximum Gasteiger partial charge on any atom is 0.126 e. The maximum absolute atomic E-state index is 4.82. The van der Waals surface area contributed by atoms with E-state index in [0.717, 1.165) is 52.3 Å². The molecule has 0 fully saturated rings. The molecule has 0 saturated heterocycles. The molecule has 4 rings (SSSR count). The number of hydrogen-bond acceptors (Lipinski definition) is 3. The molecule has 2 heterocycles. The van der Waals surface area contributed by atoms with Crippen LogP contribution in [0.1, 0.15) is 17.3 Å². The van der Waals surface area contributed by atoms with Gasteiger partial charge in [0.05, 0.1) is 16.9 Å². The number of rotatable bonds is 4. The van der Waals surface area contributed by atoms with Gasteiger partial charge in [-0.3, -0.25) is 0 Å². The van der Waals surface area contributed by atoms with Gasteiger partial charge in [0, 0.05) is 30.6 Å². The zero-order chi connectivity index (χ0) is 17.2. The number of aryl methyl sites for hydroxylation is 4. The Hall–Kier alpha value is -3.01. The fraction of sp³-hybridized carbons (Fsp3) is 0.190. The number of hydrogen-bond donors (Lipinski definition) is 0. The summed E-state index contributed by atoms with van der Waals surface area (Å²) < 4.78 is 2.11. The highest BCUT2D eigenvalue weighted by Gasteiger charge is 2.10. The summed E-state index contributed by atoms with van der Waals surface area (Å²) in [5.41, 5.74) is 4.26. The van der Waals surface area contributed by atoms with Crippen molar-refractivity contribution in [3.63, 3.8) is 0 Å². The molecular formula is C21H20N4. The first kappa shape index (κ1) is 15.5. The normalized spacial score (nSPS) is 11.1. The molecule has 0 amide bonds. The van der Waals surface area contributed by atoms with Gasteiger partial charge in [0.2, 0.25) is 0 Å². The molecule has 124 valence electrons. The number of nitrogens with zero attached hydrogens (tertiary/aromatic N) is 4. The van der Waals surface area contributed by atoms with E-state index in [1.54, 1.807) is 0 Å². The van der Waals surface area contributed by atoms with E-state index in [9.17, 15) is 0 Å². The fourth-order valence-corrected chi connectivity index (χ4v) is 3.18. The first-order valence-corrected chi connectivity index (χ1v) is 8.50. The Morgan fingerprint density at radius 2 is 1.60 bits per heavy atom. The average Bonchev–Trinajstić information content (AvgIpc) is 3.01. The monoisotopic (exact) mass is 328 g/mol. The maximum atomic E-state index is 4.82. The second-order valence-electron chi connectivity index (χ2n) is 6.25. The van der Waals surface area contributed by atoms with Crippen molar-refractivity contribution in [1.82, 2.24) is 19.5 Å². The van der Waals surface area contributed by atoms with Crippen LogP contribution in [-0.2, 0) is 19.9 Å². The zero-order valence-electron chi connectivity index (χ0n) is 14.5. The van der Waals surface area contributed by atoms with Crippen molar-refractivity contribution >= 4 is 10.9 Å². The Morgan fingerprint density at radius 1 is 0.840 bits per heavy atom. The van der Waals surface area contributed by atoms with E-state index in [1.807, 2.05) is 43.3 Å². The summed E-state index contributed by atoms with van der Waals surface area (Å²) in [5.74, 6) is 1.89. The van der Waals surface area contributed by atoms with Crippen LogP contribution in [0.15, 0.2) is 60.8 Å². The van der Waals surface area contributed by atoms with E-state index < -0.39 is 0 Å².